The van der Waals surface area contributed by atoms with Gasteiger partial charge < -0.3 is 9.67 Å². The lowest BCUT2D eigenvalue weighted by atomic mass is 10.2. The van der Waals surface area contributed by atoms with Crippen LogP contribution in [0.15, 0.2) is 22.8 Å². The minimum Gasteiger partial charge on any atom is -0.506 e. The summed E-state index contributed by atoms with van der Waals surface area (Å²) < 4.78 is 3.12. The zero-order valence-electron chi connectivity index (χ0n) is 8.21. The van der Waals surface area contributed by atoms with E-state index in [2.05, 4.69) is 34.3 Å². The maximum atomic E-state index is 9.78. The van der Waals surface area contributed by atoms with Gasteiger partial charge in [0.05, 0.1) is 10.1 Å². The zero-order chi connectivity index (χ0) is 10.3. The number of nitrogens with zero attached hydrogens (tertiary/aromatic N) is 1. The minimum absolute atomic E-state index is 0.346. The molecule has 0 spiro atoms. The van der Waals surface area contributed by atoms with E-state index >= 15 is 0 Å². The fraction of sp³-hybridized carbons (Fsp3) is 0.273. The standard InChI is InChI=1S/C11H12BrNO/c1-3-13-10-8(7(2)11(13)12)5-4-6-9(10)14/h4-6,14H,3H2,1-2H3. The lowest BCUT2D eigenvalue weighted by Crippen LogP contribution is -1.93. The molecule has 0 aliphatic heterocycles. The molecule has 3 heteroatoms. The molecule has 0 radical (unpaired) electrons. The molecule has 1 aromatic heterocycles. The second-order valence-corrected chi connectivity index (χ2v) is 4.08. The molecule has 1 aromatic carbocycles. The zero-order valence-corrected chi connectivity index (χ0v) is 9.80. The Hall–Kier alpha value is -0.960. The second-order valence-electron chi connectivity index (χ2n) is 3.33. The Kier molecular flexibility index (Phi) is 2.27. The second kappa shape index (κ2) is 3.31. The van der Waals surface area contributed by atoms with Gasteiger partial charge >= 0.3 is 0 Å². The number of hydrogen-bond donors (Lipinski definition) is 1. The van der Waals surface area contributed by atoms with E-state index in [9.17, 15) is 5.11 Å². The molecule has 0 atom stereocenters. The first-order valence-electron chi connectivity index (χ1n) is 4.63. The number of halogens is 1. The van der Waals surface area contributed by atoms with Crippen LogP contribution >= 0.6 is 15.9 Å². The first kappa shape index (κ1) is 9.59. The molecule has 74 valence electrons. The number of rotatable bonds is 1. The molecule has 0 amide bonds. The predicted molar refractivity (Wildman–Crippen MR) is 61.7 cm³/mol. The van der Waals surface area contributed by atoms with Crippen molar-refractivity contribution in [3.63, 3.8) is 0 Å². The molecule has 0 saturated heterocycles. The van der Waals surface area contributed by atoms with Crippen LogP contribution in [0, 0.1) is 6.92 Å². The van der Waals surface area contributed by atoms with Gasteiger partial charge in [0.25, 0.3) is 0 Å². The minimum atomic E-state index is 0.346. The van der Waals surface area contributed by atoms with Gasteiger partial charge in [-0.15, -0.1) is 0 Å². The molecular formula is C11H12BrNO. The van der Waals surface area contributed by atoms with Gasteiger partial charge in [0.1, 0.15) is 5.75 Å². The van der Waals surface area contributed by atoms with Gasteiger partial charge in [0, 0.05) is 11.9 Å². The van der Waals surface area contributed by atoms with E-state index in [0.717, 1.165) is 22.1 Å². The van der Waals surface area contributed by atoms with Gasteiger partial charge in [-0.1, -0.05) is 12.1 Å². The Morgan fingerprint density at radius 2 is 2.14 bits per heavy atom. The molecule has 0 unspecified atom stereocenters. The van der Waals surface area contributed by atoms with Crippen LogP contribution in [0.1, 0.15) is 12.5 Å². The molecule has 14 heavy (non-hydrogen) atoms. The Bertz CT molecular complexity index is 487. The number of benzene rings is 1. The van der Waals surface area contributed by atoms with Crippen molar-refractivity contribution in [2.75, 3.05) is 0 Å². The highest BCUT2D eigenvalue weighted by atomic mass is 79.9. The summed E-state index contributed by atoms with van der Waals surface area (Å²) in [5.41, 5.74) is 2.09. The predicted octanol–water partition coefficient (Wildman–Crippen LogP) is 3.44. The molecule has 0 saturated carbocycles. The van der Waals surface area contributed by atoms with Crippen molar-refractivity contribution < 1.29 is 5.11 Å². The fourth-order valence-electron chi connectivity index (χ4n) is 1.83. The summed E-state index contributed by atoms with van der Waals surface area (Å²) in [6.45, 7) is 4.97. The highest BCUT2D eigenvalue weighted by molar-refractivity contribution is 9.10. The molecule has 2 nitrogen and oxygen atoms in total. The molecule has 0 aliphatic rings. The van der Waals surface area contributed by atoms with E-state index in [-0.39, 0.29) is 0 Å². The number of aromatic nitrogens is 1. The molecule has 0 aliphatic carbocycles. The number of fused-ring (bicyclic) bond motifs is 1. The molecule has 0 bridgehead atoms. The number of para-hydroxylation sites is 1. The average molecular weight is 254 g/mol. The molecule has 1 N–H and O–H groups in total. The van der Waals surface area contributed by atoms with Gasteiger partial charge in [0.15, 0.2) is 0 Å². The molecular weight excluding hydrogens is 242 g/mol. The van der Waals surface area contributed by atoms with Crippen molar-refractivity contribution in [1.29, 1.82) is 0 Å². The van der Waals surface area contributed by atoms with E-state index in [4.69, 9.17) is 0 Å². The van der Waals surface area contributed by atoms with Crippen molar-refractivity contribution >= 4 is 26.8 Å². The van der Waals surface area contributed by atoms with Crippen LogP contribution in [0.2, 0.25) is 0 Å². The first-order valence-corrected chi connectivity index (χ1v) is 5.42. The van der Waals surface area contributed by atoms with Gasteiger partial charge in [-0.05, 0) is 41.4 Å². The summed E-state index contributed by atoms with van der Waals surface area (Å²) in [6.07, 6.45) is 0. The molecule has 0 fully saturated rings. The van der Waals surface area contributed by atoms with Gasteiger partial charge in [-0.2, -0.15) is 0 Å². The monoisotopic (exact) mass is 253 g/mol. The van der Waals surface area contributed by atoms with Crippen molar-refractivity contribution in [3.05, 3.63) is 28.4 Å². The van der Waals surface area contributed by atoms with E-state index in [0.29, 0.717) is 5.75 Å². The smallest absolute Gasteiger partial charge is 0.139 e. The third kappa shape index (κ3) is 1.16. The van der Waals surface area contributed by atoms with Crippen molar-refractivity contribution in [2.24, 2.45) is 0 Å². The van der Waals surface area contributed by atoms with Crippen LogP contribution in [-0.4, -0.2) is 9.67 Å². The van der Waals surface area contributed by atoms with Crippen LogP contribution in [0.25, 0.3) is 10.9 Å². The fourth-order valence-corrected chi connectivity index (χ4v) is 2.47. The lowest BCUT2D eigenvalue weighted by Gasteiger charge is -2.03. The molecule has 1 heterocycles. The Morgan fingerprint density at radius 3 is 2.79 bits per heavy atom. The summed E-state index contributed by atoms with van der Waals surface area (Å²) >= 11 is 3.54. The van der Waals surface area contributed by atoms with Gasteiger partial charge in [0.2, 0.25) is 0 Å². The summed E-state index contributed by atoms with van der Waals surface area (Å²) in [7, 11) is 0. The average Bonchev–Trinajstić information content (AvgIpc) is 2.43. The van der Waals surface area contributed by atoms with Gasteiger partial charge in [-0.3, -0.25) is 0 Å². The van der Waals surface area contributed by atoms with E-state index in [1.807, 2.05) is 12.1 Å². The van der Waals surface area contributed by atoms with Gasteiger partial charge in [-0.25, -0.2) is 0 Å². The molecule has 2 aromatic rings. The topological polar surface area (TPSA) is 25.2 Å². The van der Waals surface area contributed by atoms with Crippen LogP contribution in [0.4, 0.5) is 0 Å². The first-order chi connectivity index (χ1) is 6.66. The summed E-state index contributed by atoms with van der Waals surface area (Å²) in [5, 5.41) is 10.9. The van der Waals surface area contributed by atoms with Crippen LogP contribution in [0.5, 0.6) is 5.75 Å². The van der Waals surface area contributed by atoms with Crippen LogP contribution in [-0.2, 0) is 6.54 Å². The number of phenolic OH excluding ortho intramolecular Hbond substituents is 1. The summed E-state index contributed by atoms with van der Waals surface area (Å²) in [6, 6.07) is 5.62. The van der Waals surface area contributed by atoms with Crippen LogP contribution in [0.3, 0.4) is 0 Å². The number of aryl methyl sites for hydroxylation is 2. The highest BCUT2D eigenvalue weighted by Crippen LogP contribution is 2.34. The number of phenols is 1. The van der Waals surface area contributed by atoms with Crippen molar-refractivity contribution in [1.82, 2.24) is 4.57 Å². The van der Waals surface area contributed by atoms with Crippen molar-refractivity contribution in [3.8, 4) is 5.75 Å². The number of hydrogen-bond acceptors (Lipinski definition) is 1. The quantitative estimate of drug-likeness (QED) is 0.828. The maximum Gasteiger partial charge on any atom is 0.139 e. The van der Waals surface area contributed by atoms with E-state index < -0.39 is 0 Å². The molecule has 2 rings (SSSR count). The summed E-state index contributed by atoms with van der Waals surface area (Å²) in [4.78, 5) is 0. The van der Waals surface area contributed by atoms with Crippen molar-refractivity contribution in [2.45, 2.75) is 20.4 Å². The van der Waals surface area contributed by atoms with Crippen LogP contribution < -0.4 is 0 Å². The highest BCUT2D eigenvalue weighted by Gasteiger charge is 2.13. The van der Waals surface area contributed by atoms with E-state index in [1.165, 1.54) is 5.56 Å². The maximum absolute atomic E-state index is 9.78. The largest absolute Gasteiger partial charge is 0.506 e. The van der Waals surface area contributed by atoms with E-state index in [1.54, 1.807) is 6.07 Å². The Labute approximate surface area is 91.3 Å². The summed E-state index contributed by atoms with van der Waals surface area (Å²) in [5.74, 6) is 0.346. The third-order valence-electron chi connectivity index (χ3n) is 2.55. The third-order valence-corrected chi connectivity index (χ3v) is 3.57. The SMILES string of the molecule is CCn1c(Br)c(C)c2cccc(O)c21. The Balaban J connectivity index is 2.96. The number of aromatic hydroxyl groups is 1. The normalized spacial score (nSPS) is 11.1. The lowest BCUT2D eigenvalue weighted by molar-refractivity contribution is 0.477. The Morgan fingerprint density at radius 1 is 1.43 bits per heavy atom.